The fraction of sp³-hybridized carbons (Fsp3) is 0.250. The van der Waals surface area contributed by atoms with Crippen LogP contribution in [0.15, 0.2) is 66.7 Å². The number of hydrogen-bond acceptors (Lipinski definition) is 5. The first-order chi connectivity index (χ1) is 16.6. The van der Waals surface area contributed by atoms with Gasteiger partial charge in [-0.3, -0.25) is 24.6 Å². The molecule has 8 nitrogen and oxygen atoms in total. The van der Waals surface area contributed by atoms with Crippen LogP contribution in [0.1, 0.15) is 23.6 Å². The van der Waals surface area contributed by atoms with Gasteiger partial charge in [0.2, 0.25) is 11.8 Å². The number of hydrazine groups is 1. The normalized spacial score (nSPS) is 11.1. The van der Waals surface area contributed by atoms with E-state index in [1.54, 1.807) is 31.2 Å². The van der Waals surface area contributed by atoms with Gasteiger partial charge in [-0.25, -0.2) is 5.01 Å². The van der Waals surface area contributed by atoms with Crippen LogP contribution in [0.5, 0.6) is 0 Å². The van der Waals surface area contributed by atoms with Gasteiger partial charge in [-0.1, -0.05) is 48.5 Å². The molecule has 35 heavy (non-hydrogen) atoms. The maximum Gasteiger partial charge on any atom is 0.416 e. The Morgan fingerprint density at radius 3 is 2.31 bits per heavy atom. The first-order valence-corrected chi connectivity index (χ1v) is 10.5. The van der Waals surface area contributed by atoms with Gasteiger partial charge in [0.25, 0.3) is 5.91 Å². The Morgan fingerprint density at radius 2 is 1.66 bits per heavy atom. The molecule has 0 unspecified atom stereocenters. The van der Waals surface area contributed by atoms with Crippen LogP contribution in [0.2, 0.25) is 0 Å². The summed E-state index contributed by atoms with van der Waals surface area (Å²) >= 11 is 0. The third-order valence-corrected chi connectivity index (χ3v) is 4.42. The lowest BCUT2D eigenvalue weighted by Gasteiger charge is -2.21. The van der Waals surface area contributed by atoms with Crippen molar-refractivity contribution in [1.82, 2.24) is 15.8 Å². The van der Waals surface area contributed by atoms with Crippen LogP contribution >= 0.6 is 0 Å². The number of nitrogens with one attached hydrogen (secondary N) is 2. The average Bonchev–Trinajstić information content (AvgIpc) is 2.81. The molecule has 2 aromatic rings. The number of carbonyl (C=O) groups excluding carboxylic acids is 4. The van der Waals surface area contributed by atoms with Crippen LogP contribution in [0.4, 0.5) is 13.2 Å². The average molecular weight is 491 g/mol. The first kappa shape index (κ1) is 27.1. The molecule has 0 bridgehead atoms. The highest BCUT2D eigenvalue weighted by Gasteiger charge is 2.30. The highest BCUT2D eigenvalue weighted by Crippen LogP contribution is 2.29. The zero-order valence-corrected chi connectivity index (χ0v) is 18.8. The van der Waals surface area contributed by atoms with E-state index in [-0.39, 0.29) is 18.7 Å². The minimum absolute atomic E-state index is 0.0246. The van der Waals surface area contributed by atoms with E-state index in [1.165, 1.54) is 6.07 Å². The number of esters is 1. The van der Waals surface area contributed by atoms with E-state index in [1.807, 2.05) is 6.07 Å². The van der Waals surface area contributed by atoms with E-state index in [9.17, 15) is 32.3 Å². The summed E-state index contributed by atoms with van der Waals surface area (Å²) in [4.78, 5) is 48.8. The number of halogens is 3. The van der Waals surface area contributed by atoms with Crippen LogP contribution in [-0.2, 0) is 43.1 Å². The van der Waals surface area contributed by atoms with Crippen molar-refractivity contribution in [2.45, 2.75) is 26.1 Å². The van der Waals surface area contributed by atoms with Crippen molar-refractivity contribution in [3.8, 4) is 0 Å². The van der Waals surface area contributed by atoms with E-state index in [0.717, 1.165) is 35.9 Å². The third kappa shape index (κ3) is 9.70. The van der Waals surface area contributed by atoms with Crippen LogP contribution < -0.4 is 10.7 Å². The molecule has 0 fully saturated rings. The molecule has 0 aromatic heterocycles. The molecule has 0 saturated heterocycles. The van der Waals surface area contributed by atoms with Gasteiger partial charge < -0.3 is 10.1 Å². The molecule has 0 aliphatic carbocycles. The number of ether oxygens (including phenoxy) is 1. The van der Waals surface area contributed by atoms with Crippen LogP contribution in [0, 0.1) is 0 Å². The van der Waals surface area contributed by atoms with Gasteiger partial charge in [-0.2, -0.15) is 13.2 Å². The van der Waals surface area contributed by atoms with Gasteiger partial charge in [0, 0.05) is 18.7 Å². The molecular weight excluding hydrogens is 467 g/mol. The van der Waals surface area contributed by atoms with Crippen molar-refractivity contribution in [3.05, 3.63) is 83.4 Å². The molecule has 0 aliphatic rings. The lowest BCUT2D eigenvalue weighted by atomic mass is 10.1. The Labute approximate surface area is 199 Å². The molecular formula is C24H24F3N3O5. The second kappa shape index (κ2) is 12.9. The smallest absolute Gasteiger partial charge is 0.416 e. The predicted octanol–water partition coefficient (Wildman–Crippen LogP) is 2.54. The monoisotopic (exact) mass is 491 g/mol. The maximum absolute atomic E-state index is 12.9. The van der Waals surface area contributed by atoms with Gasteiger partial charge in [-0.15, -0.1) is 0 Å². The number of alkyl halides is 3. The maximum atomic E-state index is 12.9. The minimum atomic E-state index is -4.58. The van der Waals surface area contributed by atoms with E-state index in [2.05, 4.69) is 10.7 Å². The van der Waals surface area contributed by atoms with Gasteiger partial charge in [0.1, 0.15) is 6.54 Å². The van der Waals surface area contributed by atoms with E-state index in [0.29, 0.717) is 5.01 Å². The van der Waals surface area contributed by atoms with Gasteiger partial charge in [0.05, 0.1) is 18.6 Å². The standard InChI is InChI=1S/C24H24F3N3O5/c1-2-35-23(34)16-30(22(33)12-11-20(31)28-15-17-7-4-3-5-8-17)29-21(32)14-18-9-6-10-19(13-18)24(25,26)27/h3-13H,2,14-16H2,1H3,(H,28,31)(H,29,32)/b12-11+. The van der Waals surface area contributed by atoms with Crippen molar-refractivity contribution in [1.29, 1.82) is 0 Å². The summed E-state index contributed by atoms with van der Waals surface area (Å²) in [5, 5.41) is 3.20. The quantitative estimate of drug-likeness (QED) is 0.319. The zero-order valence-electron chi connectivity index (χ0n) is 18.8. The van der Waals surface area contributed by atoms with Crippen molar-refractivity contribution in [2.75, 3.05) is 13.2 Å². The Morgan fingerprint density at radius 1 is 0.971 bits per heavy atom. The molecule has 186 valence electrons. The topological polar surface area (TPSA) is 105 Å². The largest absolute Gasteiger partial charge is 0.465 e. The van der Waals surface area contributed by atoms with E-state index in [4.69, 9.17) is 4.74 Å². The Bertz CT molecular complexity index is 1070. The highest BCUT2D eigenvalue weighted by molar-refractivity contribution is 5.98. The summed E-state index contributed by atoms with van der Waals surface area (Å²) in [6.45, 7) is 1.12. The molecule has 0 saturated carbocycles. The number of carbonyl (C=O) groups is 4. The van der Waals surface area contributed by atoms with Gasteiger partial charge >= 0.3 is 12.1 Å². The van der Waals surface area contributed by atoms with Crippen LogP contribution in [0.25, 0.3) is 0 Å². The number of amides is 3. The molecule has 3 amide bonds. The molecule has 0 aliphatic heterocycles. The second-order valence-corrected chi connectivity index (χ2v) is 7.18. The fourth-order valence-electron chi connectivity index (χ4n) is 2.82. The van der Waals surface area contributed by atoms with Gasteiger partial charge in [0.15, 0.2) is 0 Å². The lowest BCUT2D eigenvalue weighted by molar-refractivity contribution is -0.151. The Balaban J connectivity index is 2.03. The van der Waals surface area contributed by atoms with Gasteiger partial charge in [-0.05, 0) is 24.1 Å². The minimum Gasteiger partial charge on any atom is -0.465 e. The number of rotatable bonds is 9. The molecule has 11 heteroatoms. The zero-order chi connectivity index (χ0) is 25.8. The van der Waals surface area contributed by atoms with Crippen molar-refractivity contribution >= 4 is 23.7 Å². The fourth-order valence-corrected chi connectivity index (χ4v) is 2.82. The first-order valence-electron chi connectivity index (χ1n) is 10.5. The van der Waals surface area contributed by atoms with Crippen molar-refractivity contribution in [3.63, 3.8) is 0 Å². The molecule has 2 aromatic carbocycles. The third-order valence-electron chi connectivity index (χ3n) is 4.42. The predicted molar refractivity (Wildman–Crippen MR) is 119 cm³/mol. The Kier molecular flexibility index (Phi) is 10.0. The molecule has 0 spiro atoms. The number of hydrogen-bond donors (Lipinski definition) is 2. The van der Waals surface area contributed by atoms with Crippen molar-refractivity contribution < 1.29 is 37.1 Å². The highest BCUT2D eigenvalue weighted by atomic mass is 19.4. The number of nitrogens with zero attached hydrogens (tertiary/aromatic N) is 1. The van der Waals surface area contributed by atoms with E-state index >= 15 is 0 Å². The van der Waals surface area contributed by atoms with Crippen LogP contribution in [-0.4, -0.2) is 41.9 Å². The summed E-state index contributed by atoms with van der Waals surface area (Å²) in [6, 6.07) is 13.2. The SMILES string of the molecule is CCOC(=O)CN(NC(=O)Cc1cccc(C(F)(F)F)c1)C(=O)/C=C/C(=O)NCc1ccccc1. The molecule has 2 N–H and O–H groups in total. The van der Waals surface area contributed by atoms with E-state index < -0.39 is 48.4 Å². The number of benzene rings is 2. The summed E-state index contributed by atoms with van der Waals surface area (Å²) in [7, 11) is 0. The van der Waals surface area contributed by atoms with Crippen LogP contribution in [0.3, 0.4) is 0 Å². The molecule has 0 heterocycles. The summed E-state index contributed by atoms with van der Waals surface area (Å²) in [5.74, 6) is -3.18. The van der Waals surface area contributed by atoms with Crippen molar-refractivity contribution in [2.24, 2.45) is 0 Å². The lowest BCUT2D eigenvalue weighted by Crippen LogP contribution is -2.49. The Hall–Kier alpha value is -4.15. The molecule has 0 radical (unpaired) electrons. The second-order valence-electron chi connectivity index (χ2n) is 7.18. The molecule has 2 rings (SSSR count). The summed E-state index contributed by atoms with van der Waals surface area (Å²) in [6.07, 6.45) is -3.28. The summed E-state index contributed by atoms with van der Waals surface area (Å²) in [5.41, 5.74) is 2.14. The molecule has 0 atom stereocenters. The summed E-state index contributed by atoms with van der Waals surface area (Å²) < 4.78 is 43.5.